The molecule has 0 saturated carbocycles. The van der Waals surface area contributed by atoms with E-state index in [1.54, 1.807) is 30.7 Å². The number of aromatic nitrogens is 2. The van der Waals surface area contributed by atoms with E-state index in [9.17, 15) is 9.59 Å². The number of imidazole rings is 1. The standard InChI is InChI=1S/C18H18N2O5/c1-18(2)24-16(21)14(17(22)25-18)11-13-5-3-4-6-15(13)23-10-9-20-8-7-19-12-20/h3-8,11-12H,9-10H2,1-2H3. The zero-order valence-electron chi connectivity index (χ0n) is 14.0. The summed E-state index contributed by atoms with van der Waals surface area (Å²) in [5.74, 6) is -2.13. The molecule has 2 aromatic rings. The highest BCUT2D eigenvalue weighted by Crippen LogP contribution is 2.27. The molecule has 0 amide bonds. The van der Waals surface area contributed by atoms with Gasteiger partial charge in [-0.25, -0.2) is 14.6 Å². The van der Waals surface area contributed by atoms with Crippen LogP contribution in [0.2, 0.25) is 0 Å². The Morgan fingerprint density at radius 3 is 2.60 bits per heavy atom. The predicted molar refractivity (Wildman–Crippen MR) is 88.4 cm³/mol. The van der Waals surface area contributed by atoms with Crippen LogP contribution in [0.25, 0.3) is 6.08 Å². The summed E-state index contributed by atoms with van der Waals surface area (Å²) in [7, 11) is 0. The van der Waals surface area contributed by atoms with Crippen molar-refractivity contribution in [1.82, 2.24) is 9.55 Å². The lowest BCUT2D eigenvalue weighted by atomic mass is 10.1. The Hall–Kier alpha value is -3.09. The fraction of sp³-hybridized carbons (Fsp3) is 0.278. The second-order valence-corrected chi connectivity index (χ2v) is 5.92. The molecule has 1 fully saturated rings. The first kappa shape index (κ1) is 16.8. The van der Waals surface area contributed by atoms with E-state index in [1.807, 2.05) is 16.8 Å². The van der Waals surface area contributed by atoms with E-state index in [2.05, 4.69) is 4.98 Å². The Morgan fingerprint density at radius 2 is 1.92 bits per heavy atom. The number of para-hydroxylation sites is 1. The van der Waals surface area contributed by atoms with Crippen LogP contribution in [0.3, 0.4) is 0 Å². The van der Waals surface area contributed by atoms with Gasteiger partial charge in [0.1, 0.15) is 17.9 Å². The van der Waals surface area contributed by atoms with Gasteiger partial charge in [-0.15, -0.1) is 0 Å². The summed E-state index contributed by atoms with van der Waals surface area (Å²) in [6, 6.07) is 7.12. The van der Waals surface area contributed by atoms with Crippen LogP contribution in [-0.4, -0.2) is 33.9 Å². The quantitative estimate of drug-likeness (QED) is 0.471. The molecule has 3 rings (SSSR count). The Balaban J connectivity index is 1.76. The van der Waals surface area contributed by atoms with Crippen molar-refractivity contribution in [1.29, 1.82) is 0 Å². The molecule has 0 aliphatic carbocycles. The minimum absolute atomic E-state index is 0.162. The molecule has 7 heteroatoms. The molecule has 0 unspecified atom stereocenters. The number of hydrogen-bond acceptors (Lipinski definition) is 6. The number of esters is 2. The normalized spacial score (nSPS) is 16.2. The third-order valence-electron chi connectivity index (χ3n) is 3.50. The number of hydrogen-bond donors (Lipinski definition) is 0. The van der Waals surface area contributed by atoms with Gasteiger partial charge < -0.3 is 18.8 Å². The van der Waals surface area contributed by atoms with Gasteiger partial charge in [-0.1, -0.05) is 18.2 Å². The van der Waals surface area contributed by atoms with E-state index >= 15 is 0 Å². The lowest BCUT2D eigenvalue weighted by molar-refractivity contribution is -0.222. The molecule has 0 radical (unpaired) electrons. The molecule has 0 atom stereocenters. The summed E-state index contributed by atoms with van der Waals surface area (Å²) >= 11 is 0. The van der Waals surface area contributed by atoms with Gasteiger partial charge in [0, 0.05) is 31.8 Å². The first-order chi connectivity index (χ1) is 11.9. The molecular formula is C18H18N2O5. The van der Waals surface area contributed by atoms with Crippen molar-refractivity contribution < 1.29 is 23.8 Å². The first-order valence-corrected chi connectivity index (χ1v) is 7.80. The molecule has 1 aliphatic rings. The van der Waals surface area contributed by atoms with Gasteiger partial charge in [0.15, 0.2) is 0 Å². The van der Waals surface area contributed by atoms with Crippen molar-refractivity contribution in [3.05, 3.63) is 54.1 Å². The molecule has 0 spiro atoms. The minimum Gasteiger partial charge on any atom is -0.491 e. The minimum atomic E-state index is -1.26. The molecule has 1 aliphatic heterocycles. The van der Waals surface area contributed by atoms with Crippen molar-refractivity contribution in [2.45, 2.75) is 26.2 Å². The predicted octanol–water partition coefficient (Wildman–Crippen LogP) is 2.18. The van der Waals surface area contributed by atoms with Crippen LogP contribution in [-0.2, 0) is 25.6 Å². The average Bonchev–Trinajstić information content (AvgIpc) is 3.04. The molecule has 130 valence electrons. The lowest BCUT2D eigenvalue weighted by Gasteiger charge is -2.29. The largest absolute Gasteiger partial charge is 0.491 e. The lowest BCUT2D eigenvalue weighted by Crippen LogP contribution is -2.41. The average molecular weight is 342 g/mol. The number of benzene rings is 1. The summed E-state index contributed by atoms with van der Waals surface area (Å²) in [5.41, 5.74) is 0.432. The van der Waals surface area contributed by atoms with Crippen molar-refractivity contribution >= 4 is 18.0 Å². The summed E-state index contributed by atoms with van der Waals surface area (Å²) < 4.78 is 17.8. The zero-order valence-corrected chi connectivity index (χ0v) is 14.0. The van der Waals surface area contributed by atoms with Crippen LogP contribution in [0.1, 0.15) is 19.4 Å². The number of rotatable bonds is 5. The summed E-state index contributed by atoms with van der Waals surface area (Å²) in [6.45, 7) is 4.06. The van der Waals surface area contributed by atoms with Crippen LogP contribution in [0.5, 0.6) is 5.75 Å². The van der Waals surface area contributed by atoms with E-state index < -0.39 is 17.7 Å². The van der Waals surface area contributed by atoms with Crippen LogP contribution < -0.4 is 4.74 Å². The maximum absolute atomic E-state index is 12.1. The molecule has 25 heavy (non-hydrogen) atoms. The van der Waals surface area contributed by atoms with Crippen molar-refractivity contribution in [3.63, 3.8) is 0 Å². The van der Waals surface area contributed by atoms with Gasteiger partial charge in [-0.3, -0.25) is 0 Å². The third-order valence-corrected chi connectivity index (χ3v) is 3.50. The van der Waals surface area contributed by atoms with E-state index in [4.69, 9.17) is 14.2 Å². The fourth-order valence-electron chi connectivity index (χ4n) is 2.35. The Kier molecular flexibility index (Phi) is 4.56. The Bertz CT molecular complexity index is 787. The Labute approximate surface area is 144 Å². The van der Waals surface area contributed by atoms with E-state index in [0.29, 0.717) is 24.5 Å². The fourth-order valence-corrected chi connectivity index (χ4v) is 2.35. The molecular weight excluding hydrogens is 324 g/mol. The van der Waals surface area contributed by atoms with Crippen molar-refractivity contribution in [2.75, 3.05) is 6.61 Å². The summed E-state index contributed by atoms with van der Waals surface area (Å²) in [5, 5.41) is 0. The zero-order chi connectivity index (χ0) is 17.9. The molecule has 1 aromatic carbocycles. The highest BCUT2D eigenvalue weighted by atomic mass is 16.7. The molecule has 2 heterocycles. The van der Waals surface area contributed by atoms with Gasteiger partial charge in [-0.2, -0.15) is 0 Å². The van der Waals surface area contributed by atoms with Gasteiger partial charge >= 0.3 is 11.9 Å². The van der Waals surface area contributed by atoms with Gasteiger partial charge in [0.25, 0.3) is 5.79 Å². The first-order valence-electron chi connectivity index (χ1n) is 7.80. The molecule has 7 nitrogen and oxygen atoms in total. The van der Waals surface area contributed by atoms with E-state index in [1.165, 1.54) is 19.9 Å². The highest BCUT2D eigenvalue weighted by molar-refractivity contribution is 6.19. The highest BCUT2D eigenvalue weighted by Gasteiger charge is 2.38. The monoisotopic (exact) mass is 342 g/mol. The number of cyclic esters (lactones) is 2. The van der Waals surface area contributed by atoms with Crippen molar-refractivity contribution in [2.24, 2.45) is 0 Å². The molecule has 0 bridgehead atoms. The SMILES string of the molecule is CC1(C)OC(=O)C(=Cc2ccccc2OCCn2ccnc2)C(=O)O1. The maximum atomic E-state index is 12.1. The molecule has 0 N–H and O–H groups in total. The topological polar surface area (TPSA) is 79.7 Å². The third kappa shape index (κ3) is 4.06. The van der Waals surface area contributed by atoms with Gasteiger partial charge in [0.05, 0.1) is 12.9 Å². The second kappa shape index (κ2) is 6.80. The van der Waals surface area contributed by atoms with Crippen LogP contribution in [0.4, 0.5) is 0 Å². The van der Waals surface area contributed by atoms with Gasteiger partial charge in [0.2, 0.25) is 0 Å². The summed E-state index contributed by atoms with van der Waals surface area (Å²) in [4.78, 5) is 28.1. The number of nitrogens with zero attached hydrogens (tertiary/aromatic N) is 2. The van der Waals surface area contributed by atoms with Crippen LogP contribution >= 0.6 is 0 Å². The smallest absolute Gasteiger partial charge is 0.348 e. The molecule has 1 saturated heterocycles. The molecule has 1 aromatic heterocycles. The van der Waals surface area contributed by atoms with Gasteiger partial charge in [-0.05, 0) is 12.1 Å². The Morgan fingerprint density at radius 1 is 1.20 bits per heavy atom. The van der Waals surface area contributed by atoms with Crippen LogP contribution in [0, 0.1) is 0 Å². The van der Waals surface area contributed by atoms with Crippen LogP contribution in [0.15, 0.2) is 48.6 Å². The van der Waals surface area contributed by atoms with Crippen molar-refractivity contribution in [3.8, 4) is 5.75 Å². The second-order valence-electron chi connectivity index (χ2n) is 5.92. The maximum Gasteiger partial charge on any atom is 0.348 e. The van der Waals surface area contributed by atoms with E-state index in [0.717, 1.165) is 0 Å². The van der Waals surface area contributed by atoms with E-state index in [-0.39, 0.29) is 5.57 Å². The number of carbonyl (C=O) groups excluding carboxylic acids is 2. The summed E-state index contributed by atoms with van der Waals surface area (Å²) in [6.07, 6.45) is 6.66. The number of ether oxygens (including phenoxy) is 3. The number of carbonyl (C=O) groups is 2.